The van der Waals surface area contributed by atoms with Crippen LogP contribution in [0.5, 0.6) is 0 Å². The van der Waals surface area contributed by atoms with E-state index >= 15 is 0 Å². The highest BCUT2D eigenvalue weighted by molar-refractivity contribution is 5.95. The number of hydrogen-bond donors (Lipinski definition) is 1. The Morgan fingerprint density at radius 2 is 2.13 bits per heavy atom. The number of halogens is 1. The Balaban J connectivity index is 0.00000264. The minimum Gasteiger partial charge on any atom is -0.399 e. The maximum absolute atomic E-state index is 12.6. The van der Waals surface area contributed by atoms with E-state index in [2.05, 4.69) is 20.8 Å². The van der Waals surface area contributed by atoms with Crippen molar-refractivity contribution < 1.29 is 9.53 Å². The summed E-state index contributed by atoms with van der Waals surface area (Å²) in [6.45, 7) is 7.34. The molecule has 1 aliphatic rings. The molecule has 1 aromatic rings. The number of carbonyl (C=O) groups excluding carboxylic acids is 1. The molecule has 0 aromatic heterocycles. The quantitative estimate of drug-likeness (QED) is 0.634. The fourth-order valence-electron chi connectivity index (χ4n) is 3.19. The first-order valence-corrected chi connectivity index (χ1v) is 8.12. The number of amides is 1. The van der Waals surface area contributed by atoms with Crippen molar-refractivity contribution in [3.63, 3.8) is 0 Å². The number of anilines is 1. The molecule has 1 aliphatic carbocycles. The van der Waals surface area contributed by atoms with Crippen LogP contribution >= 0.6 is 12.4 Å². The normalized spacial score (nSPS) is 21.9. The number of carbonyl (C=O) groups is 1. The molecule has 2 rings (SSSR count). The summed E-state index contributed by atoms with van der Waals surface area (Å²) in [4.78, 5) is 14.5. The van der Waals surface area contributed by atoms with E-state index < -0.39 is 0 Å². The van der Waals surface area contributed by atoms with E-state index in [1.165, 1.54) is 0 Å². The van der Waals surface area contributed by atoms with Crippen molar-refractivity contribution in [1.82, 2.24) is 4.90 Å². The highest BCUT2D eigenvalue weighted by Gasteiger charge is 2.51. The van der Waals surface area contributed by atoms with Crippen molar-refractivity contribution in [1.29, 1.82) is 0 Å². The Labute approximate surface area is 145 Å². The molecule has 0 radical (unpaired) electrons. The average Bonchev–Trinajstić information content (AvgIpc) is 2.48. The highest BCUT2D eigenvalue weighted by atomic mass is 35.5. The summed E-state index contributed by atoms with van der Waals surface area (Å²) < 4.78 is 5.96. The topological polar surface area (TPSA) is 55.6 Å². The minimum absolute atomic E-state index is 0. The minimum atomic E-state index is -0.0154. The van der Waals surface area contributed by atoms with Gasteiger partial charge in [0, 0.05) is 36.4 Å². The van der Waals surface area contributed by atoms with E-state index in [1.807, 2.05) is 24.1 Å². The van der Waals surface area contributed by atoms with Gasteiger partial charge >= 0.3 is 0 Å². The molecule has 0 spiro atoms. The van der Waals surface area contributed by atoms with Gasteiger partial charge < -0.3 is 15.4 Å². The van der Waals surface area contributed by atoms with E-state index in [-0.39, 0.29) is 35.9 Å². The molecule has 0 saturated heterocycles. The van der Waals surface area contributed by atoms with Crippen molar-refractivity contribution in [2.75, 3.05) is 19.4 Å². The molecule has 1 saturated carbocycles. The number of nitrogens with two attached hydrogens (primary N) is 1. The molecular weight excluding hydrogens is 312 g/mol. The second-order valence-electron chi connectivity index (χ2n) is 6.83. The zero-order chi connectivity index (χ0) is 16.3. The molecule has 2 unspecified atom stereocenters. The van der Waals surface area contributed by atoms with E-state index in [0.717, 1.165) is 25.9 Å². The highest BCUT2D eigenvalue weighted by Crippen LogP contribution is 2.45. The number of hydrogen-bond acceptors (Lipinski definition) is 3. The Hall–Kier alpha value is -1.26. The number of rotatable bonds is 6. The molecule has 2 N–H and O–H groups in total. The van der Waals surface area contributed by atoms with Gasteiger partial charge in [0.2, 0.25) is 0 Å². The molecular formula is C18H29ClN2O2. The molecule has 130 valence electrons. The van der Waals surface area contributed by atoms with E-state index in [0.29, 0.717) is 11.3 Å². The van der Waals surface area contributed by atoms with Crippen LogP contribution in [0.2, 0.25) is 0 Å². The smallest absolute Gasteiger partial charge is 0.253 e. The number of benzene rings is 1. The summed E-state index contributed by atoms with van der Waals surface area (Å²) in [5.41, 5.74) is 7.02. The van der Waals surface area contributed by atoms with Gasteiger partial charge in [-0.15, -0.1) is 12.4 Å². The number of unbranched alkanes of at least 4 members (excludes halogenated alkanes) is 1. The van der Waals surface area contributed by atoms with Gasteiger partial charge in [-0.1, -0.05) is 33.3 Å². The lowest BCUT2D eigenvalue weighted by atomic mass is 9.63. The van der Waals surface area contributed by atoms with Gasteiger partial charge in [0.15, 0.2) is 0 Å². The summed E-state index contributed by atoms with van der Waals surface area (Å²) >= 11 is 0. The lowest BCUT2D eigenvalue weighted by Gasteiger charge is -2.54. The van der Waals surface area contributed by atoms with E-state index in [1.54, 1.807) is 12.1 Å². The molecule has 0 bridgehead atoms. The molecule has 0 aliphatic heterocycles. The van der Waals surface area contributed by atoms with Crippen molar-refractivity contribution in [3.8, 4) is 0 Å². The van der Waals surface area contributed by atoms with Gasteiger partial charge in [-0.05, 0) is 31.0 Å². The van der Waals surface area contributed by atoms with Crippen LogP contribution in [0.1, 0.15) is 50.4 Å². The van der Waals surface area contributed by atoms with Gasteiger partial charge in [-0.25, -0.2) is 0 Å². The Kier molecular flexibility index (Phi) is 6.90. The molecule has 1 aromatic carbocycles. The standard InChI is InChI=1S/C18H28N2O2.ClH/c1-5-6-10-22-16-12-15(18(16,2)3)20(4)17(21)13-8-7-9-14(19)11-13;/h7-9,11,15-16H,5-6,10,12,19H2,1-4H3;1H. The number of nitrogen functional groups attached to an aromatic ring is 1. The van der Waals surface area contributed by atoms with Crippen molar-refractivity contribution in [2.24, 2.45) is 5.41 Å². The summed E-state index contributed by atoms with van der Waals surface area (Å²) in [6.07, 6.45) is 3.38. The van der Waals surface area contributed by atoms with Crippen LogP contribution in [0.15, 0.2) is 24.3 Å². The lowest BCUT2D eigenvalue weighted by Crippen LogP contribution is -2.62. The van der Waals surface area contributed by atoms with Crippen LogP contribution in [0.4, 0.5) is 5.69 Å². The monoisotopic (exact) mass is 340 g/mol. The first-order chi connectivity index (χ1) is 10.4. The second-order valence-corrected chi connectivity index (χ2v) is 6.83. The first kappa shape index (κ1) is 19.8. The van der Waals surface area contributed by atoms with E-state index in [9.17, 15) is 4.79 Å². The molecule has 1 fully saturated rings. The second kappa shape index (κ2) is 8.02. The third kappa shape index (κ3) is 4.18. The van der Waals surface area contributed by atoms with Crippen LogP contribution < -0.4 is 5.73 Å². The molecule has 5 heteroatoms. The number of nitrogens with zero attached hydrogens (tertiary/aromatic N) is 1. The molecule has 0 heterocycles. The van der Waals surface area contributed by atoms with Crippen molar-refractivity contribution in [2.45, 2.75) is 52.2 Å². The van der Waals surface area contributed by atoms with Gasteiger partial charge in [-0.2, -0.15) is 0 Å². The van der Waals surface area contributed by atoms with Crippen LogP contribution in [0, 0.1) is 5.41 Å². The Morgan fingerprint density at radius 1 is 1.43 bits per heavy atom. The SMILES string of the molecule is CCCCOC1CC(N(C)C(=O)c2cccc(N)c2)C1(C)C.Cl. The van der Waals surface area contributed by atoms with E-state index in [4.69, 9.17) is 10.5 Å². The molecule has 4 nitrogen and oxygen atoms in total. The third-order valence-electron chi connectivity index (χ3n) is 4.86. The van der Waals surface area contributed by atoms with Gasteiger partial charge in [0.25, 0.3) is 5.91 Å². The van der Waals surface area contributed by atoms with Crippen LogP contribution in [-0.4, -0.2) is 36.6 Å². The zero-order valence-corrected chi connectivity index (χ0v) is 15.4. The fraction of sp³-hybridized carbons (Fsp3) is 0.611. The molecule has 2 atom stereocenters. The van der Waals surface area contributed by atoms with Gasteiger partial charge in [0.1, 0.15) is 0 Å². The predicted octanol–water partition coefficient (Wildman–Crippen LogP) is 3.75. The van der Waals surface area contributed by atoms with Crippen molar-refractivity contribution in [3.05, 3.63) is 29.8 Å². The summed E-state index contributed by atoms with van der Waals surface area (Å²) in [5.74, 6) is 0.0254. The fourth-order valence-corrected chi connectivity index (χ4v) is 3.19. The lowest BCUT2D eigenvalue weighted by molar-refractivity contribution is -0.140. The van der Waals surface area contributed by atoms with Crippen LogP contribution in [0.3, 0.4) is 0 Å². The predicted molar refractivity (Wildman–Crippen MR) is 97.0 cm³/mol. The third-order valence-corrected chi connectivity index (χ3v) is 4.86. The average molecular weight is 341 g/mol. The Morgan fingerprint density at radius 3 is 2.70 bits per heavy atom. The molecule has 1 amide bonds. The van der Waals surface area contributed by atoms with Crippen LogP contribution in [0.25, 0.3) is 0 Å². The summed E-state index contributed by atoms with van der Waals surface area (Å²) in [7, 11) is 1.88. The van der Waals surface area contributed by atoms with Crippen molar-refractivity contribution >= 4 is 24.0 Å². The number of ether oxygens (including phenoxy) is 1. The Bertz CT molecular complexity index is 534. The van der Waals surface area contributed by atoms with Crippen LogP contribution in [-0.2, 0) is 4.74 Å². The first-order valence-electron chi connectivity index (χ1n) is 8.12. The maximum Gasteiger partial charge on any atom is 0.253 e. The summed E-state index contributed by atoms with van der Waals surface area (Å²) in [5, 5.41) is 0. The summed E-state index contributed by atoms with van der Waals surface area (Å²) in [6, 6.07) is 7.37. The zero-order valence-electron chi connectivity index (χ0n) is 14.5. The maximum atomic E-state index is 12.6. The largest absolute Gasteiger partial charge is 0.399 e. The van der Waals surface area contributed by atoms with Gasteiger partial charge in [0.05, 0.1) is 6.10 Å². The van der Waals surface area contributed by atoms with Gasteiger partial charge in [-0.3, -0.25) is 4.79 Å². The molecule has 23 heavy (non-hydrogen) atoms.